The number of H-pyrrole nitrogens is 1. The Morgan fingerprint density at radius 3 is 1.95 bits per heavy atom. The minimum atomic E-state index is -0.495. The first kappa shape index (κ1) is 18.9. The van der Waals surface area contributed by atoms with Gasteiger partial charge in [-0.1, -0.05) is 45.2 Å². The quantitative estimate of drug-likeness (QED) is 0.767. The molecule has 2 N–H and O–H groups in total. The minimum Gasteiger partial charge on any atom is -0.296 e. The Kier molecular flexibility index (Phi) is 5.89. The van der Waals surface area contributed by atoms with Crippen LogP contribution in [0.25, 0.3) is 0 Å². The van der Waals surface area contributed by atoms with Gasteiger partial charge >= 0.3 is 5.76 Å². The zero-order valence-electron chi connectivity index (χ0n) is 12.8. The van der Waals surface area contributed by atoms with E-state index in [1.165, 1.54) is 0 Å². The molecule has 8 heteroatoms. The summed E-state index contributed by atoms with van der Waals surface area (Å²) in [5, 5.41) is 12.7. The average Bonchev–Trinajstić information content (AvgIpc) is 2.85. The molecule has 0 saturated carbocycles. The molecule has 1 aliphatic rings. The van der Waals surface area contributed by atoms with E-state index in [-0.39, 0.29) is 18.4 Å². The lowest BCUT2D eigenvalue weighted by Gasteiger charge is -2.30. The van der Waals surface area contributed by atoms with Crippen LogP contribution < -0.4 is 11.3 Å². The third-order valence-electron chi connectivity index (χ3n) is 2.39. The lowest BCUT2D eigenvalue weighted by molar-refractivity contribution is 0.140. The predicted molar refractivity (Wildman–Crippen MR) is 81.3 cm³/mol. The van der Waals surface area contributed by atoms with Crippen LogP contribution >= 0.6 is 0 Å². The number of hydrazine groups is 1. The average molecular weight is 298 g/mol. The van der Waals surface area contributed by atoms with Gasteiger partial charge < -0.3 is 0 Å². The highest BCUT2D eigenvalue weighted by Crippen LogP contribution is 2.19. The Balaban J connectivity index is 0.000000364. The Bertz CT molecular complexity index is 544. The Morgan fingerprint density at radius 2 is 1.76 bits per heavy atom. The molecular formula is C13H26N6O2. The fourth-order valence-corrected chi connectivity index (χ4v) is 1.32. The molecule has 0 aromatic carbocycles. The Labute approximate surface area is 125 Å². The predicted octanol–water partition coefficient (Wildman–Crippen LogP) is 2.74. The van der Waals surface area contributed by atoms with E-state index in [0.29, 0.717) is 11.6 Å². The van der Waals surface area contributed by atoms with Crippen LogP contribution in [0.3, 0.4) is 0 Å². The molecule has 1 aromatic rings. The van der Waals surface area contributed by atoms with Gasteiger partial charge in [-0.3, -0.25) is 9.51 Å². The van der Waals surface area contributed by atoms with E-state index in [2.05, 4.69) is 57.9 Å². The van der Waals surface area contributed by atoms with Crippen LogP contribution in [0.1, 0.15) is 54.8 Å². The standard InChI is InChI=1S/C6H12N4.C6H10N2O2.CH4/c1-5-7-8-9-10(5)6(2,3)4;1-6(2,3)4-7-5(9)10-8-4;/h1H2,2-4H3,(H,7,9);1-3H3,(H,7,8,9);1H4. The third-order valence-corrected chi connectivity index (χ3v) is 2.39. The molecular weight excluding hydrogens is 272 g/mol. The normalized spacial score (nSPS) is 14.2. The van der Waals surface area contributed by atoms with E-state index in [9.17, 15) is 4.79 Å². The van der Waals surface area contributed by atoms with Gasteiger partial charge in [0.25, 0.3) is 0 Å². The highest BCUT2D eigenvalue weighted by atomic mass is 16.5. The number of nitrogens with one attached hydrogen (secondary N) is 2. The number of nitrogens with zero attached hydrogens (tertiary/aromatic N) is 4. The highest BCUT2D eigenvalue weighted by Gasteiger charge is 2.25. The molecule has 0 amide bonds. The number of rotatable bonds is 0. The van der Waals surface area contributed by atoms with Crippen LogP contribution in [-0.4, -0.2) is 20.7 Å². The molecule has 1 aromatic heterocycles. The molecule has 0 radical (unpaired) electrons. The summed E-state index contributed by atoms with van der Waals surface area (Å²) in [7, 11) is 0. The van der Waals surface area contributed by atoms with E-state index in [4.69, 9.17) is 0 Å². The first-order valence-corrected chi connectivity index (χ1v) is 6.24. The van der Waals surface area contributed by atoms with E-state index in [1.807, 2.05) is 25.8 Å². The Morgan fingerprint density at radius 1 is 1.19 bits per heavy atom. The van der Waals surface area contributed by atoms with Gasteiger partial charge in [-0.05, 0) is 20.8 Å². The zero-order valence-corrected chi connectivity index (χ0v) is 12.8. The molecule has 0 bridgehead atoms. The Hall–Kier alpha value is -2.12. The van der Waals surface area contributed by atoms with E-state index >= 15 is 0 Å². The van der Waals surface area contributed by atoms with Gasteiger partial charge in [-0.25, -0.2) is 9.80 Å². The smallest absolute Gasteiger partial charge is 0.296 e. The fourth-order valence-electron chi connectivity index (χ4n) is 1.32. The summed E-state index contributed by atoms with van der Waals surface area (Å²) in [6, 6.07) is 0. The van der Waals surface area contributed by atoms with Crippen molar-refractivity contribution < 1.29 is 4.52 Å². The first-order valence-electron chi connectivity index (χ1n) is 6.24. The molecule has 8 nitrogen and oxygen atoms in total. The van der Waals surface area contributed by atoms with Gasteiger partial charge in [0.2, 0.25) is 0 Å². The summed E-state index contributed by atoms with van der Waals surface area (Å²) in [6.07, 6.45) is 0. The molecule has 120 valence electrons. The summed E-state index contributed by atoms with van der Waals surface area (Å²) >= 11 is 0. The SMILES string of the molecule is C.C=C1N=NNN1C(C)(C)C.CC(C)(C)c1noc(=O)[nH]1. The number of aromatic nitrogens is 2. The summed E-state index contributed by atoms with van der Waals surface area (Å²) < 4.78 is 4.33. The molecule has 2 rings (SSSR count). The molecule has 0 spiro atoms. The number of aromatic amines is 1. The maximum atomic E-state index is 10.5. The van der Waals surface area contributed by atoms with Gasteiger partial charge in [-0.15, -0.1) is 5.11 Å². The van der Waals surface area contributed by atoms with Crippen molar-refractivity contribution in [1.82, 2.24) is 20.7 Å². The summed E-state index contributed by atoms with van der Waals surface area (Å²) in [6.45, 7) is 15.7. The van der Waals surface area contributed by atoms with Crippen LogP contribution in [0.5, 0.6) is 0 Å². The lowest BCUT2D eigenvalue weighted by Crippen LogP contribution is -2.44. The van der Waals surface area contributed by atoms with Gasteiger partial charge in [0, 0.05) is 5.41 Å². The molecule has 1 aliphatic heterocycles. The molecule has 2 heterocycles. The van der Waals surface area contributed by atoms with Crippen LogP contribution in [-0.2, 0) is 5.41 Å². The van der Waals surface area contributed by atoms with E-state index in [1.54, 1.807) is 0 Å². The summed E-state index contributed by atoms with van der Waals surface area (Å²) in [4.78, 5) is 12.9. The number of hydrogen-bond donors (Lipinski definition) is 2. The van der Waals surface area contributed by atoms with Crippen LogP contribution in [0, 0.1) is 0 Å². The second-order valence-corrected chi connectivity index (χ2v) is 6.42. The molecule has 0 atom stereocenters. The fraction of sp³-hybridized carbons (Fsp3) is 0.692. The molecule has 0 unspecified atom stereocenters. The second kappa shape index (κ2) is 6.55. The van der Waals surface area contributed by atoms with Crippen LogP contribution in [0.15, 0.2) is 32.1 Å². The third kappa shape index (κ3) is 5.41. The lowest BCUT2D eigenvalue weighted by atomic mass is 9.96. The van der Waals surface area contributed by atoms with Gasteiger partial charge in [0.05, 0.1) is 5.54 Å². The molecule has 0 fully saturated rings. The van der Waals surface area contributed by atoms with Crippen molar-refractivity contribution in [3.05, 3.63) is 28.8 Å². The maximum Gasteiger partial charge on any atom is 0.438 e. The summed E-state index contributed by atoms with van der Waals surface area (Å²) in [5.74, 6) is 0.745. The van der Waals surface area contributed by atoms with Gasteiger partial charge in [-0.2, -0.15) is 5.53 Å². The van der Waals surface area contributed by atoms with Crippen molar-refractivity contribution in [2.75, 3.05) is 0 Å². The highest BCUT2D eigenvalue weighted by molar-refractivity contribution is 4.97. The van der Waals surface area contributed by atoms with Crippen molar-refractivity contribution in [3.8, 4) is 0 Å². The van der Waals surface area contributed by atoms with Crippen molar-refractivity contribution >= 4 is 0 Å². The van der Waals surface area contributed by atoms with Crippen molar-refractivity contribution in [3.63, 3.8) is 0 Å². The van der Waals surface area contributed by atoms with Gasteiger partial charge in [0.1, 0.15) is 0 Å². The van der Waals surface area contributed by atoms with Crippen molar-refractivity contribution in [1.29, 1.82) is 0 Å². The number of hydrogen-bond acceptors (Lipinski definition) is 7. The van der Waals surface area contributed by atoms with Crippen molar-refractivity contribution in [2.24, 2.45) is 10.3 Å². The second-order valence-electron chi connectivity index (χ2n) is 6.42. The van der Waals surface area contributed by atoms with Crippen LogP contribution in [0.2, 0.25) is 0 Å². The summed E-state index contributed by atoms with van der Waals surface area (Å²) in [5.41, 5.74) is 2.58. The molecule has 21 heavy (non-hydrogen) atoms. The largest absolute Gasteiger partial charge is 0.438 e. The zero-order chi connectivity index (χ0) is 15.6. The van der Waals surface area contributed by atoms with E-state index < -0.39 is 5.76 Å². The van der Waals surface area contributed by atoms with Crippen molar-refractivity contribution in [2.45, 2.75) is 59.9 Å². The van der Waals surface area contributed by atoms with Gasteiger partial charge in [0.15, 0.2) is 11.6 Å². The molecule has 0 aliphatic carbocycles. The van der Waals surface area contributed by atoms with E-state index in [0.717, 1.165) is 0 Å². The maximum absolute atomic E-state index is 10.5. The minimum absolute atomic E-state index is 0. The van der Waals surface area contributed by atoms with Crippen LogP contribution in [0.4, 0.5) is 0 Å². The molecule has 0 saturated heterocycles. The monoisotopic (exact) mass is 298 g/mol. The first-order chi connectivity index (χ1) is 9.01. The topological polar surface area (TPSA) is 98.9 Å².